The minimum atomic E-state index is -0.439. The third-order valence-electron chi connectivity index (χ3n) is 2.59. The highest BCUT2D eigenvalue weighted by molar-refractivity contribution is 14.1. The van der Waals surface area contributed by atoms with Gasteiger partial charge >= 0.3 is 0 Å². The molecule has 0 fully saturated rings. The zero-order valence-electron chi connectivity index (χ0n) is 10.8. The zero-order chi connectivity index (χ0) is 16.3. The molecular weight excluding hydrogens is 506 g/mol. The summed E-state index contributed by atoms with van der Waals surface area (Å²) in [5.41, 5.74) is 3.39. The molecule has 22 heavy (non-hydrogen) atoms. The van der Waals surface area contributed by atoms with E-state index < -0.39 is 5.91 Å². The average molecular weight is 514 g/mol. The predicted molar refractivity (Wildman–Crippen MR) is 100 cm³/mol. The normalized spacial score (nSPS) is 10.9. The summed E-state index contributed by atoms with van der Waals surface area (Å²) in [5.74, 6) is -0.278. The molecule has 4 nitrogen and oxygen atoms in total. The molecule has 0 aliphatic heterocycles. The van der Waals surface area contributed by atoms with Gasteiger partial charge in [-0.2, -0.15) is 5.10 Å². The summed E-state index contributed by atoms with van der Waals surface area (Å²) in [6.45, 7) is 0. The van der Waals surface area contributed by atoms with E-state index in [4.69, 9.17) is 23.2 Å². The Kier molecular flexibility index (Phi) is 6.08. The number of carbonyl (C=O) groups excluding carboxylic acids is 1. The number of phenols is 1. The second kappa shape index (κ2) is 7.63. The molecule has 0 radical (unpaired) electrons. The summed E-state index contributed by atoms with van der Waals surface area (Å²) in [6, 6.07) is 8.00. The number of phenolic OH excluding ortho intramolecular Hbond substituents is 1. The fourth-order valence-corrected chi connectivity index (χ4v) is 3.55. The highest BCUT2D eigenvalue weighted by atomic mass is 127. The van der Waals surface area contributed by atoms with Crippen molar-refractivity contribution in [3.05, 3.63) is 59.5 Å². The monoisotopic (exact) mass is 512 g/mol. The molecule has 2 rings (SSSR count). The van der Waals surface area contributed by atoms with Gasteiger partial charge in [0.25, 0.3) is 5.91 Å². The van der Waals surface area contributed by atoms with Crippen LogP contribution in [0.4, 0.5) is 0 Å². The van der Waals surface area contributed by atoms with Gasteiger partial charge in [-0.15, -0.1) is 0 Å². The molecule has 114 valence electrons. The van der Waals surface area contributed by atoms with Crippen LogP contribution < -0.4 is 5.43 Å². The van der Waals surface area contributed by atoms with Crippen molar-refractivity contribution in [1.29, 1.82) is 0 Å². The quantitative estimate of drug-likeness (QED) is 0.351. The first-order valence-corrected chi connectivity index (χ1v) is 8.47. The van der Waals surface area contributed by atoms with Gasteiger partial charge < -0.3 is 5.11 Å². The fourth-order valence-electron chi connectivity index (χ4n) is 1.56. The third-order valence-corrected chi connectivity index (χ3v) is 4.57. The Bertz CT molecular complexity index is 745. The van der Waals surface area contributed by atoms with Gasteiger partial charge in [-0.25, -0.2) is 5.43 Å². The molecule has 2 aromatic carbocycles. The molecule has 0 aromatic heterocycles. The molecule has 0 bridgehead atoms. The van der Waals surface area contributed by atoms with E-state index in [1.165, 1.54) is 18.3 Å². The van der Waals surface area contributed by atoms with Gasteiger partial charge in [0.05, 0.1) is 24.8 Å². The molecule has 2 N–H and O–H groups in total. The van der Waals surface area contributed by atoms with Crippen LogP contribution in [0.15, 0.2) is 39.9 Å². The van der Waals surface area contributed by atoms with Crippen LogP contribution in [0.1, 0.15) is 15.9 Å². The number of benzene rings is 2. The summed E-state index contributed by atoms with van der Waals surface area (Å²) >= 11 is 17.0. The first-order valence-electron chi connectivity index (χ1n) is 5.85. The minimum Gasteiger partial charge on any atom is -0.506 e. The van der Waals surface area contributed by atoms with Gasteiger partial charge in [-0.3, -0.25) is 4.79 Å². The van der Waals surface area contributed by atoms with Crippen molar-refractivity contribution >= 4 is 73.8 Å². The van der Waals surface area contributed by atoms with Crippen molar-refractivity contribution in [2.24, 2.45) is 5.10 Å². The second-order valence-electron chi connectivity index (χ2n) is 4.16. The van der Waals surface area contributed by atoms with Crippen molar-refractivity contribution < 1.29 is 9.90 Å². The van der Waals surface area contributed by atoms with Crippen LogP contribution in [0.25, 0.3) is 0 Å². The second-order valence-corrected chi connectivity index (χ2v) is 7.02. The molecule has 0 atom stereocenters. The van der Waals surface area contributed by atoms with Crippen LogP contribution in [-0.2, 0) is 0 Å². The third kappa shape index (κ3) is 4.34. The topological polar surface area (TPSA) is 61.7 Å². The Labute approximate surface area is 158 Å². The Morgan fingerprint density at radius 3 is 2.68 bits per heavy atom. The molecule has 0 saturated heterocycles. The lowest BCUT2D eigenvalue weighted by Gasteiger charge is -2.04. The van der Waals surface area contributed by atoms with E-state index in [1.807, 2.05) is 22.6 Å². The predicted octanol–water partition coefficient (Wildman–Crippen LogP) is 4.83. The van der Waals surface area contributed by atoms with Crippen LogP contribution >= 0.6 is 61.7 Å². The molecule has 0 aliphatic rings. The number of hydrazone groups is 1. The van der Waals surface area contributed by atoms with Gasteiger partial charge in [-0.05, 0) is 74.4 Å². The summed E-state index contributed by atoms with van der Waals surface area (Å²) in [5, 5.41) is 14.2. The van der Waals surface area contributed by atoms with Crippen molar-refractivity contribution in [3.63, 3.8) is 0 Å². The molecule has 0 saturated carbocycles. The van der Waals surface area contributed by atoms with Gasteiger partial charge in [0, 0.05) is 5.02 Å². The first-order chi connectivity index (χ1) is 10.4. The summed E-state index contributed by atoms with van der Waals surface area (Å²) in [6.07, 6.45) is 1.47. The number of nitrogens with zero attached hydrogens (tertiary/aromatic N) is 1. The summed E-state index contributed by atoms with van der Waals surface area (Å²) < 4.78 is 1.22. The number of aromatic hydroxyl groups is 1. The number of rotatable bonds is 3. The lowest BCUT2D eigenvalue weighted by molar-refractivity contribution is 0.0955. The SMILES string of the molecule is O=C(N/N=C\c1cc(Br)c(O)c(I)c1)c1ccc(Cl)cc1Cl. The summed E-state index contributed by atoms with van der Waals surface area (Å²) in [4.78, 5) is 12.0. The van der Waals surface area contributed by atoms with Crippen molar-refractivity contribution in [2.75, 3.05) is 0 Å². The standard InChI is InChI=1S/C14H8BrCl2IN2O2/c15-10-3-7(4-12(18)13(10)21)6-19-20-14(22)9-2-1-8(16)5-11(9)17/h1-6,21H,(H,20,22)/b19-6-. The first kappa shape index (κ1) is 17.5. The van der Waals surface area contributed by atoms with Crippen LogP contribution in [0.5, 0.6) is 5.75 Å². The van der Waals surface area contributed by atoms with Gasteiger partial charge in [-0.1, -0.05) is 23.2 Å². The maximum Gasteiger partial charge on any atom is 0.272 e. The van der Waals surface area contributed by atoms with Crippen LogP contribution in [-0.4, -0.2) is 17.2 Å². The fraction of sp³-hybridized carbons (Fsp3) is 0. The zero-order valence-corrected chi connectivity index (χ0v) is 16.0. The number of amides is 1. The van der Waals surface area contributed by atoms with Crippen molar-refractivity contribution in [3.8, 4) is 5.75 Å². The molecule has 0 heterocycles. The Morgan fingerprint density at radius 2 is 2.05 bits per heavy atom. The molecule has 0 unspecified atom stereocenters. The van der Waals surface area contributed by atoms with Crippen LogP contribution in [0, 0.1) is 3.57 Å². The van der Waals surface area contributed by atoms with E-state index in [-0.39, 0.29) is 16.3 Å². The van der Waals surface area contributed by atoms with Gasteiger partial charge in [0.15, 0.2) is 0 Å². The molecule has 1 amide bonds. The molecular formula is C14H8BrCl2IN2O2. The lowest BCUT2D eigenvalue weighted by Crippen LogP contribution is -2.18. The van der Waals surface area contributed by atoms with E-state index in [1.54, 1.807) is 18.2 Å². The summed E-state index contributed by atoms with van der Waals surface area (Å²) in [7, 11) is 0. The number of halogens is 4. The maximum absolute atomic E-state index is 12.0. The Hall–Kier alpha value is -0.830. The van der Waals surface area contributed by atoms with Crippen LogP contribution in [0.2, 0.25) is 10.0 Å². The van der Waals surface area contributed by atoms with Crippen molar-refractivity contribution in [2.45, 2.75) is 0 Å². The van der Waals surface area contributed by atoms with Crippen LogP contribution in [0.3, 0.4) is 0 Å². The van der Waals surface area contributed by atoms with E-state index >= 15 is 0 Å². The number of carbonyl (C=O) groups is 1. The van der Waals surface area contributed by atoms with Crippen molar-refractivity contribution in [1.82, 2.24) is 5.43 Å². The molecule has 0 spiro atoms. The Balaban J connectivity index is 2.10. The number of hydrogen-bond acceptors (Lipinski definition) is 3. The Morgan fingerprint density at radius 1 is 1.32 bits per heavy atom. The van der Waals surface area contributed by atoms with Gasteiger partial charge in [0.1, 0.15) is 5.75 Å². The molecule has 2 aromatic rings. The maximum atomic E-state index is 12.0. The number of hydrogen-bond donors (Lipinski definition) is 2. The largest absolute Gasteiger partial charge is 0.506 e. The molecule has 8 heteroatoms. The van der Waals surface area contributed by atoms with E-state index in [0.29, 0.717) is 13.1 Å². The average Bonchev–Trinajstić information content (AvgIpc) is 2.44. The molecule has 0 aliphatic carbocycles. The highest BCUT2D eigenvalue weighted by Gasteiger charge is 2.10. The van der Waals surface area contributed by atoms with Gasteiger partial charge in [0.2, 0.25) is 0 Å². The minimum absolute atomic E-state index is 0.162. The lowest BCUT2D eigenvalue weighted by atomic mass is 10.2. The highest BCUT2D eigenvalue weighted by Crippen LogP contribution is 2.29. The smallest absolute Gasteiger partial charge is 0.272 e. The van der Waals surface area contributed by atoms with E-state index in [0.717, 1.165) is 5.56 Å². The van der Waals surface area contributed by atoms with E-state index in [2.05, 4.69) is 26.5 Å². The number of nitrogens with one attached hydrogen (secondary N) is 1. The van der Waals surface area contributed by atoms with E-state index in [9.17, 15) is 9.90 Å².